The topological polar surface area (TPSA) is 68.5 Å². The second kappa shape index (κ2) is 6.17. The summed E-state index contributed by atoms with van der Waals surface area (Å²) in [4.78, 5) is 18.4. The van der Waals surface area contributed by atoms with Crippen molar-refractivity contribution < 1.29 is 14.1 Å². The van der Waals surface area contributed by atoms with Crippen molar-refractivity contribution in [3.8, 4) is 5.75 Å². The minimum Gasteiger partial charge on any atom is -0.489 e. The average Bonchev–Trinajstić information content (AvgIpc) is 2.87. The van der Waals surface area contributed by atoms with Crippen LogP contribution in [0.5, 0.6) is 5.75 Å². The Morgan fingerprint density at radius 1 is 1.36 bits per heavy atom. The molecule has 0 aliphatic carbocycles. The summed E-state index contributed by atoms with van der Waals surface area (Å²) in [6.45, 7) is 4.91. The van der Waals surface area contributed by atoms with E-state index in [2.05, 4.69) is 10.1 Å². The minimum atomic E-state index is -0.00363. The van der Waals surface area contributed by atoms with E-state index in [4.69, 9.17) is 9.26 Å². The Hall–Kier alpha value is -2.37. The van der Waals surface area contributed by atoms with Crippen LogP contribution >= 0.6 is 0 Å². The molecule has 116 valence electrons. The van der Waals surface area contributed by atoms with Gasteiger partial charge >= 0.3 is 0 Å². The van der Waals surface area contributed by atoms with Crippen LogP contribution in [0.1, 0.15) is 34.7 Å². The fraction of sp³-hybridized carbons (Fsp3) is 0.438. The lowest BCUT2D eigenvalue weighted by Crippen LogP contribution is -2.42. The van der Waals surface area contributed by atoms with Gasteiger partial charge in [0.15, 0.2) is 0 Å². The first-order chi connectivity index (χ1) is 10.6. The monoisotopic (exact) mass is 301 g/mol. The number of aromatic nitrogens is 2. The lowest BCUT2D eigenvalue weighted by Gasteiger charge is -2.32. The summed E-state index contributed by atoms with van der Waals surface area (Å²) in [6.07, 6.45) is 5.17. The van der Waals surface area contributed by atoms with Crippen LogP contribution < -0.4 is 4.74 Å². The highest BCUT2D eigenvalue weighted by atomic mass is 16.5. The number of piperidine rings is 1. The van der Waals surface area contributed by atoms with Gasteiger partial charge in [-0.2, -0.15) is 0 Å². The van der Waals surface area contributed by atoms with E-state index in [0.717, 1.165) is 18.6 Å². The second-order valence-electron chi connectivity index (χ2n) is 5.50. The molecule has 6 heteroatoms. The van der Waals surface area contributed by atoms with Gasteiger partial charge < -0.3 is 14.2 Å². The SMILES string of the molecule is Cc1noc(C)c1C(=O)N1CCC(Oc2cccnc2)CC1. The summed E-state index contributed by atoms with van der Waals surface area (Å²) in [6, 6.07) is 3.75. The zero-order valence-electron chi connectivity index (χ0n) is 12.8. The molecule has 1 amide bonds. The summed E-state index contributed by atoms with van der Waals surface area (Å²) in [5.41, 5.74) is 1.24. The number of pyridine rings is 1. The highest BCUT2D eigenvalue weighted by Gasteiger charge is 2.28. The van der Waals surface area contributed by atoms with E-state index in [1.165, 1.54) is 0 Å². The van der Waals surface area contributed by atoms with Gasteiger partial charge in [-0.15, -0.1) is 0 Å². The molecular formula is C16H19N3O3. The molecule has 1 aliphatic heterocycles. The third-order valence-corrected chi connectivity index (χ3v) is 3.91. The van der Waals surface area contributed by atoms with Crippen molar-refractivity contribution in [2.24, 2.45) is 0 Å². The number of rotatable bonds is 3. The van der Waals surface area contributed by atoms with Crippen LogP contribution in [0, 0.1) is 13.8 Å². The number of carbonyl (C=O) groups excluding carboxylic acids is 1. The molecule has 2 aromatic rings. The zero-order chi connectivity index (χ0) is 15.5. The van der Waals surface area contributed by atoms with Crippen molar-refractivity contribution in [3.05, 3.63) is 41.5 Å². The molecule has 0 N–H and O–H groups in total. The molecule has 3 rings (SSSR count). The average molecular weight is 301 g/mol. The number of ether oxygens (including phenoxy) is 1. The van der Waals surface area contributed by atoms with E-state index in [-0.39, 0.29) is 12.0 Å². The van der Waals surface area contributed by atoms with E-state index >= 15 is 0 Å². The first-order valence-corrected chi connectivity index (χ1v) is 7.44. The number of aryl methyl sites for hydroxylation is 2. The first kappa shape index (κ1) is 14.6. The van der Waals surface area contributed by atoms with Crippen molar-refractivity contribution in [1.82, 2.24) is 15.0 Å². The molecule has 3 heterocycles. The molecule has 1 fully saturated rings. The molecule has 0 spiro atoms. The maximum absolute atomic E-state index is 12.5. The van der Waals surface area contributed by atoms with Crippen molar-refractivity contribution in [3.63, 3.8) is 0 Å². The van der Waals surface area contributed by atoms with Crippen LogP contribution in [0.25, 0.3) is 0 Å². The summed E-state index contributed by atoms with van der Waals surface area (Å²) < 4.78 is 11.0. The van der Waals surface area contributed by atoms with E-state index < -0.39 is 0 Å². The fourth-order valence-electron chi connectivity index (χ4n) is 2.73. The molecule has 0 saturated carbocycles. The van der Waals surface area contributed by atoms with Gasteiger partial charge in [0.25, 0.3) is 5.91 Å². The largest absolute Gasteiger partial charge is 0.489 e. The Labute approximate surface area is 129 Å². The number of nitrogens with zero attached hydrogens (tertiary/aromatic N) is 3. The minimum absolute atomic E-state index is 0.00363. The second-order valence-corrected chi connectivity index (χ2v) is 5.50. The Bertz CT molecular complexity index is 626. The quantitative estimate of drug-likeness (QED) is 0.870. The van der Waals surface area contributed by atoms with Crippen LogP contribution in [-0.2, 0) is 0 Å². The molecule has 1 saturated heterocycles. The summed E-state index contributed by atoms with van der Waals surface area (Å²) in [5, 5.41) is 3.85. The van der Waals surface area contributed by atoms with E-state index in [9.17, 15) is 4.79 Å². The molecule has 0 unspecified atom stereocenters. The van der Waals surface area contributed by atoms with Crippen LogP contribution in [-0.4, -0.2) is 40.1 Å². The third-order valence-electron chi connectivity index (χ3n) is 3.91. The molecule has 0 radical (unpaired) electrons. The van der Waals surface area contributed by atoms with E-state index in [1.54, 1.807) is 26.2 Å². The Kier molecular flexibility index (Phi) is 4.09. The summed E-state index contributed by atoms with van der Waals surface area (Å²) >= 11 is 0. The predicted octanol–water partition coefficient (Wildman–Crippen LogP) is 2.37. The fourth-order valence-corrected chi connectivity index (χ4v) is 2.73. The first-order valence-electron chi connectivity index (χ1n) is 7.44. The summed E-state index contributed by atoms with van der Waals surface area (Å²) in [7, 11) is 0. The normalized spacial score (nSPS) is 15.8. The van der Waals surface area contributed by atoms with Crippen molar-refractivity contribution in [2.75, 3.05) is 13.1 Å². The molecule has 22 heavy (non-hydrogen) atoms. The number of likely N-dealkylation sites (tertiary alicyclic amines) is 1. The van der Waals surface area contributed by atoms with Gasteiger partial charge in [-0.05, 0) is 26.0 Å². The van der Waals surface area contributed by atoms with Gasteiger partial charge in [-0.1, -0.05) is 5.16 Å². The maximum atomic E-state index is 12.5. The smallest absolute Gasteiger partial charge is 0.259 e. The van der Waals surface area contributed by atoms with Crippen molar-refractivity contribution in [1.29, 1.82) is 0 Å². The molecule has 1 aliphatic rings. The van der Waals surface area contributed by atoms with Crippen LogP contribution in [0.15, 0.2) is 29.0 Å². The van der Waals surface area contributed by atoms with Gasteiger partial charge in [-0.25, -0.2) is 0 Å². The van der Waals surface area contributed by atoms with Crippen LogP contribution in [0.4, 0.5) is 0 Å². The van der Waals surface area contributed by atoms with Gasteiger partial charge in [0.2, 0.25) is 0 Å². The van der Waals surface area contributed by atoms with Gasteiger partial charge in [0.1, 0.15) is 23.2 Å². The number of carbonyl (C=O) groups is 1. The van der Waals surface area contributed by atoms with Crippen LogP contribution in [0.3, 0.4) is 0 Å². The highest BCUT2D eigenvalue weighted by molar-refractivity contribution is 5.96. The molecule has 2 aromatic heterocycles. The summed E-state index contributed by atoms with van der Waals surface area (Å²) in [5.74, 6) is 1.35. The van der Waals surface area contributed by atoms with Crippen molar-refractivity contribution in [2.45, 2.75) is 32.8 Å². The maximum Gasteiger partial charge on any atom is 0.259 e. The van der Waals surface area contributed by atoms with Crippen LogP contribution in [0.2, 0.25) is 0 Å². The highest BCUT2D eigenvalue weighted by Crippen LogP contribution is 2.21. The van der Waals surface area contributed by atoms with E-state index in [0.29, 0.717) is 30.1 Å². The molecular weight excluding hydrogens is 282 g/mol. The Balaban J connectivity index is 1.59. The Morgan fingerprint density at radius 2 is 2.14 bits per heavy atom. The lowest BCUT2D eigenvalue weighted by atomic mass is 10.1. The molecule has 6 nitrogen and oxygen atoms in total. The molecule has 0 bridgehead atoms. The van der Waals surface area contributed by atoms with E-state index in [1.807, 2.05) is 17.0 Å². The Morgan fingerprint density at radius 3 is 2.73 bits per heavy atom. The van der Waals surface area contributed by atoms with Gasteiger partial charge in [-0.3, -0.25) is 9.78 Å². The van der Waals surface area contributed by atoms with Crippen molar-refractivity contribution >= 4 is 5.91 Å². The standard InChI is InChI=1S/C16H19N3O3/c1-11-15(12(2)22-18-11)16(20)19-8-5-13(6-9-19)21-14-4-3-7-17-10-14/h3-4,7,10,13H,5-6,8-9H2,1-2H3. The molecule has 0 aromatic carbocycles. The zero-order valence-corrected chi connectivity index (χ0v) is 12.8. The molecule has 0 atom stereocenters. The number of amides is 1. The van der Waals surface area contributed by atoms with Gasteiger partial charge in [0.05, 0.1) is 11.9 Å². The number of hydrogen-bond donors (Lipinski definition) is 0. The van der Waals surface area contributed by atoms with Gasteiger partial charge in [0, 0.05) is 32.1 Å². The lowest BCUT2D eigenvalue weighted by molar-refractivity contribution is 0.0593. The number of hydrogen-bond acceptors (Lipinski definition) is 5. The third kappa shape index (κ3) is 2.95. The predicted molar refractivity (Wildman–Crippen MR) is 79.8 cm³/mol.